The van der Waals surface area contributed by atoms with Crippen molar-refractivity contribution >= 4 is 10.8 Å². The Hall–Kier alpha value is -2.04. The predicted molar refractivity (Wildman–Crippen MR) is 71.7 cm³/mol. The van der Waals surface area contributed by atoms with Crippen LogP contribution in [0, 0.1) is 11.8 Å². The van der Waals surface area contributed by atoms with Crippen molar-refractivity contribution < 1.29 is 5.11 Å². The molecule has 1 N–H and O–H groups in total. The Morgan fingerprint density at radius 1 is 1.18 bits per heavy atom. The zero-order valence-corrected chi connectivity index (χ0v) is 9.77. The summed E-state index contributed by atoms with van der Waals surface area (Å²) >= 11 is 0. The van der Waals surface area contributed by atoms with Crippen molar-refractivity contribution in [3.8, 4) is 11.8 Å². The molecule has 0 aliphatic carbocycles. The molecule has 0 bridgehead atoms. The summed E-state index contributed by atoms with van der Waals surface area (Å²) in [5, 5.41) is 11.1. The van der Waals surface area contributed by atoms with Gasteiger partial charge in [0.25, 0.3) is 0 Å². The normalized spacial score (nSPS) is 11.1. The van der Waals surface area contributed by atoms with E-state index >= 15 is 0 Å². The first kappa shape index (κ1) is 11.4. The highest BCUT2D eigenvalue weighted by atomic mass is 16.2. The van der Waals surface area contributed by atoms with Crippen molar-refractivity contribution in [2.45, 2.75) is 6.92 Å². The molecule has 0 saturated carbocycles. The summed E-state index contributed by atoms with van der Waals surface area (Å²) in [6.45, 7) is 1.93. The molecule has 0 unspecified atom stereocenters. The van der Waals surface area contributed by atoms with Gasteiger partial charge >= 0.3 is 0 Å². The van der Waals surface area contributed by atoms with E-state index < -0.39 is 0 Å². The number of fused-ring (bicyclic) bond motifs is 1. The summed E-state index contributed by atoms with van der Waals surface area (Å²) < 4.78 is 0. The fourth-order valence-electron chi connectivity index (χ4n) is 1.69. The molecule has 0 amide bonds. The molecule has 17 heavy (non-hydrogen) atoms. The number of aliphatic hydroxyl groups is 1. The van der Waals surface area contributed by atoms with E-state index in [1.54, 1.807) is 6.08 Å². The van der Waals surface area contributed by atoms with Gasteiger partial charge in [0.05, 0.1) is 6.61 Å². The number of allylic oxidation sites excluding steroid dienone is 1. The van der Waals surface area contributed by atoms with Gasteiger partial charge in [-0.2, -0.15) is 0 Å². The van der Waals surface area contributed by atoms with Crippen molar-refractivity contribution in [1.82, 2.24) is 0 Å². The molecule has 0 heterocycles. The highest BCUT2D eigenvalue weighted by Crippen LogP contribution is 2.17. The van der Waals surface area contributed by atoms with Gasteiger partial charge in [-0.25, -0.2) is 0 Å². The van der Waals surface area contributed by atoms with Crippen LogP contribution in [0.15, 0.2) is 54.1 Å². The first-order valence-corrected chi connectivity index (χ1v) is 5.58. The molecule has 0 spiro atoms. The van der Waals surface area contributed by atoms with Crippen LogP contribution in [-0.2, 0) is 0 Å². The summed E-state index contributed by atoms with van der Waals surface area (Å²) in [6.07, 6.45) is 1.71. The molecule has 0 radical (unpaired) electrons. The third-order valence-electron chi connectivity index (χ3n) is 2.58. The average molecular weight is 222 g/mol. The van der Waals surface area contributed by atoms with Gasteiger partial charge in [-0.3, -0.25) is 0 Å². The largest absolute Gasteiger partial charge is 0.392 e. The number of hydrogen-bond acceptors (Lipinski definition) is 1. The minimum absolute atomic E-state index is 0.0377. The maximum atomic E-state index is 8.76. The number of aliphatic hydroxyl groups excluding tert-OH is 1. The zero-order valence-electron chi connectivity index (χ0n) is 9.77. The highest BCUT2D eigenvalue weighted by molar-refractivity contribution is 5.88. The van der Waals surface area contributed by atoms with Crippen molar-refractivity contribution in [2.75, 3.05) is 6.61 Å². The summed E-state index contributed by atoms with van der Waals surface area (Å²) in [6, 6.07) is 14.3. The molecule has 1 nitrogen and oxygen atoms in total. The molecule has 84 valence electrons. The Morgan fingerprint density at radius 2 is 1.94 bits per heavy atom. The Labute approximate surface area is 101 Å². The molecule has 0 aliphatic rings. The molecule has 0 aromatic heterocycles. The van der Waals surface area contributed by atoms with Crippen LogP contribution in [0.25, 0.3) is 10.8 Å². The second-order valence-electron chi connectivity index (χ2n) is 3.85. The van der Waals surface area contributed by atoms with E-state index in [-0.39, 0.29) is 6.61 Å². The van der Waals surface area contributed by atoms with Crippen LogP contribution in [-0.4, -0.2) is 11.7 Å². The Kier molecular flexibility index (Phi) is 3.59. The summed E-state index contributed by atoms with van der Waals surface area (Å²) in [5.74, 6) is 6.19. The molecule has 0 atom stereocenters. The molecule has 0 saturated heterocycles. The van der Waals surface area contributed by atoms with Crippen LogP contribution >= 0.6 is 0 Å². The topological polar surface area (TPSA) is 20.2 Å². The highest BCUT2D eigenvalue weighted by Gasteiger charge is 1.95. The van der Waals surface area contributed by atoms with Gasteiger partial charge in [-0.1, -0.05) is 48.2 Å². The van der Waals surface area contributed by atoms with E-state index in [2.05, 4.69) is 30.0 Å². The van der Waals surface area contributed by atoms with Gasteiger partial charge in [-0.05, 0) is 35.4 Å². The maximum Gasteiger partial charge on any atom is 0.0624 e. The summed E-state index contributed by atoms with van der Waals surface area (Å²) in [4.78, 5) is 0. The summed E-state index contributed by atoms with van der Waals surface area (Å²) in [7, 11) is 0. The van der Waals surface area contributed by atoms with Gasteiger partial charge in [0.1, 0.15) is 0 Å². The van der Waals surface area contributed by atoms with Gasteiger partial charge in [-0.15, -0.1) is 0 Å². The summed E-state index contributed by atoms with van der Waals surface area (Å²) in [5.41, 5.74) is 1.91. The minimum atomic E-state index is 0.0377. The fourth-order valence-corrected chi connectivity index (χ4v) is 1.69. The molecule has 2 rings (SSSR count). The van der Waals surface area contributed by atoms with Gasteiger partial charge < -0.3 is 5.11 Å². The average Bonchev–Trinajstić information content (AvgIpc) is 2.36. The van der Waals surface area contributed by atoms with E-state index in [1.807, 2.05) is 31.2 Å². The van der Waals surface area contributed by atoms with E-state index in [4.69, 9.17) is 5.11 Å². The van der Waals surface area contributed by atoms with E-state index in [0.717, 1.165) is 11.1 Å². The number of hydrogen-bond donors (Lipinski definition) is 1. The van der Waals surface area contributed by atoms with Crippen molar-refractivity contribution in [3.63, 3.8) is 0 Å². The quantitative estimate of drug-likeness (QED) is 0.735. The lowest BCUT2D eigenvalue weighted by atomic mass is 10.0. The first-order valence-electron chi connectivity index (χ1n) is 5.58. The molecule has 1 heteroatoms. The van der Waals surface area contributed by atoms with Gasteiger partial charge in [0.2, 0.25) is 0 Å². The second kappa shape index (κ2) is 5.34. The van der Waals surface area contributed by atoms with Crippen LogP contribution in [0.5, 0.6) is 0 Å². The lowest BCUT2D eigenvalue weighted by Crippen LogP contribution is -1.80. The lowest BCUT2D eigenvalue weighted by Gasteiger charge is -1.99. The molecular formula is C16H14O. The smallest absolute Gasteiger partial charge is 0.0624 e. The minimum Gasteiger partial charge on any atom is -0.392 e. The van der Waals surface area contributed by atoms with Gasteiger partial charge in [0.15, 0.2) is 0 Å². The van der Waals surface area contributed by atoms with Crippen LogP contribution < -0.4 is 0 Å². The van der Waals surface area contributed by atoms with E-state index in [1.165, 1.54) is 10.8 Å². The van der Waals surface area contributed by atoms with Crippen molar-refractivity contribution in [2.24, 2.45) is 0 Å². The standard InChI is InChI=1S/C16H14O/c1-13(11-12-17)9-10-15-7-4-6-14-5-2-3-8-16(14)15/h2-8,11,17H,12H2,1H3/b13-11-. The lowest BCUT2D eigenvalue weighted by molar-refractivity contribution is 0.342. The molecular weight excluding hydrogens is 208 g/mol. The Balaban J connectivity index is 2.46. The van der Waals surface area contributed by atoms with Crippen molar-refractivity contribution in [1.29, 1.82) is 0 Å². The Bertz CT molecular complexity index is 607. The Morgan fingerprint density at radius 3 is 2.76 bits per heavy atom. The molecule has 0 fully saturated rings. The van der Waals surface area contributed by atoms with Crippen LogP contribution in [0.3, 0.4) is 0 Å². The van der Waals surface area contributed by atoms with E-state index in [9.17, 15) is 0 Å². The molecule has 0 aliphatic heterocycles. The van der Waals surface area contributed by atoms with Gasteiger partial charge in [0, 0.05) is 5.56 Å². The third kappa shape index (κ3) is 2.75. The fraction of sp³-hybridized carbons (Fsp3) is 0.125. The first-order chi connectivity index (χ1) is 8.31. The maximum absolute atomic E-state index is 8.76. The number of rotatable bonds is 1. The van der Waals surface area contributed by atoms with E-state index in [0.29, 0.717) is 0 Å². The monoisotopic (exact) mass is 222 g/mol. The molecule has 2 aromatic rings. The SMILES string of the molecule is C/C(C#Cc1cccc2ccccc12)=C/CO. The predicted octanol–water partition coefficient (Wildman–Crippen LogP) is 3.13. The van der Waals surface area contributed by atoms with Crippen LogP contribution in [0.4, 0.5) is 0 Å². The van der Waals surface area contributed by atoms with Crippen LogP contribution in [0.2, 0.25) is 0 Å². The number of benzene rings is 2. The molecule has 2 aromatic carbocycles. The third-order valence-corrected chi connectivity index (χ3v) is 2.58. The second-order valence-corrected chi connectivity index (χ2v) is 3.85. The zero-order chi connectivity index (χ0) is 12.1. The van der Waals surface area contributed by atoms with Crippen LogP contribution in [0.1, 0.15) is 12.5 Å². The van der Waals surface area contributed by atoms with Crippen molar-refractivity contribution in [3.05, 3.63) is 59.7 Å².